The van der Waals surface area contributed by atoms with Gasteiger partial charge >= 0.3 is 0 Å². The molecular formula is C14H19N3O3S2. The van der Waals surface area contributed by atoms with Crippen LogP contribution in [0.25, 0.3) is 0 Å². The third-order valence-corrected chi connectivity index (χ3v) is 5.23. The molecule has 0 saturated heterocycles. The van der Waals surface area contributed by atoms with Gasteiger partial charge in [0.25, 0.3) is 0 Å². The highest BCUT2D eigenvalue weighted by Gasteiger charge is 2.09. The van der Waals surface area contributed by atoms with Gasteiger partial charge in [0.05, 0.1) is 17.6 Å². The van der Waals surface area contributed by atoms with E-state index >= 15 is 0 Å². The molecule has 120 valence electrons. The van der Waals surface area contributed by atoms with Crippen molar-refractivity contribution in [3.8, 4) is 5.75 Å². The van der Waals surface area contributed by atoms with Crippen LogP contribution in [0.1, 0.15) is 24.0 Å². The Morgan fingerprint density at radius 1 is 1.41 bits per heavy atom. The summed E-state index contributed by atoms with van der Waals surface area (Å²) in [5.41, 5.74) is 0.869. The molecule has 2 aromatic heterocycles. The van der Waals surface area contributed by atoms with Crippen LogP contribution in [0.3, 0.4) is 0 Å². The Morgan fingerprint density at radius 3 is 3.00 bits per heavy atom. The molecule has 0 fully saturated rings. The van der Waals surface area contributed by atoms with E-state index in [2.05, 4.69) is 14.7 Å². The van der Waals surface area contributed by atoms with Crippen LogP contribution >= 0.6 is 11.3 Å². The van der Waals surface area contributed by atoms with E-state index in [4.69, 9.17) is 4.74 Å². The molecule has 6 nitrogen and oxygen atoms in total. The lowest BCUT2D eigenvalue weighted by molar-refractivity contribution is 0.304. The lowest BCUT2D eigenvalue weighted by atomic mass is 10.3. The van der Waals surface area contributed by atoms with Crippen molar-refractivity contribution >= 4 is 21.4 Å². The van der Waals surface area contributed by atoms with Crippen LogP contribution in [0.2, 0.25) is 0 Å². The summed E-state index contributed by atoms with van der Waals surface area (Å²) < 4.78 is 31.2. The Labute approximate surface area is 134 Å². The molecule has 1 N–H and O–H groups in total. The summed E-state index contributed by atoms with van der Waals surface area (Å²) in [5, 5.41) is 2.78. The highest BCUT2D eigenvalue weighted by Crippen LogP contribution is 2.14. The summed E-state index contributed by atoms with van der Waals surface area (Å²) in [7, 11) is -3.15. The van der Waals surface area contributed by atoms with E-state index in [0.717, 1.165) is 10.7 Å². The molecule has 0 saturated carbocycles. The highest BCUT2D eigenvalue weighted by molar-refractivity contribution is 7.89. The smallest absolute Gasteiger partial charge is 0.211 e. The monoisotopic (exact) mass is 341 g/mol. The summed E-state index contributed by atoms with van der Waals surface area (Å²) in [6.45, 7) is 2.60. The van der Waals surface area contributed by atoms with Gasteiger partial charge in [-0.05, 0) is 18.6 Å². The standard InChI is InChI=1S/C14H19N3O3S2/c1-2-8-22(18,19)16-7-5-12-11-21-14(17-12)10-20-13-4-3-6-15-9-13/h3-4,6,9,11,16H,2,5,7-8,10H2,1H3. The first kappa shape index (κ1) is 16.9. The molecule has 0 aromatic carbocycles. The number of pyridine rings is 1. The first-order valence-electron chi connectivity index (χ1n) is 7.02. The summed E-state index contributed by atoms with van der Waals surface area (Å²) in [6.07, 6.45) is 4.53. The fraction of sp³-hybridized carbons (Fsp3) is 0.429. The van der Waals surface area contributed by atoms with E-state index in [1.807, 2.05) is 24.4 Å². The van der Waals surface area contributed by atoms with Crippen molar-refractivity contribution in [1.29, 1.82) is 0 Å². The van der Waals surface area contributed by atoms with E-state index in [-0.39, 0.29) is 5.75 Å². The maximum Gasteiger partial charge on any atom is 0.211 e. The fourth-order valence-corrected chi connectivity index (χ4v) is 3.62. The Morgan fingerprint density at radius 2 is 2.27 bits per heavy atom. The van der Waals surface area contributed by atoms with Crippen molar-refractivity contribution in [2.45, 2.75) is 26.4 Å². The van der Waals surface area contributed by atoms with Crippen LogP contribution in [0.4, 0.5) is 0 Å². The lowest BCUT2D eigenvalue weighted by Crippen LogP contribution is -2.28. The number of aromatic nitrogens is 2. The third kappa shape index (κ3) is 5.70. The van der Waals surface area contributed by atoms with E-state index in [0.29, 0.717) is 31.7 Å². The van der Waals surface area contributed by atoms with Gasteiger partial charge in [-0.15, -0.1) is 11.3 Å². The first-order chi connectivity index (χ1) is 10.6. The molecule has 0 spiro atoms. The molecule has 8 heteroatoms. The minimum absolute atomic E-state index is 0.161. The van der Waals surface area contributed by atoms with Gasteiger partial charge in [-0.1, -0.05) is 6.92 Å². The zero-order valence-corrected chi connectivity index (χ0v) is 14.0. The molecule has 0 bridgehead atoms. The molecular weight excluding hydrogens is 322 g/mol. The minimum atomic E-state index is -3.15. The van der Waals surface area contributed by atoms with Gasteiger partial charge in [0, 0.05) is 24.5 Å². The predicted molar refractivity (Wildman–Crippen MR) is 86.5 cm³/mol. The first-order valence-corrected chi connectivity index (χ1v) is 9.55. The summed E-state index contributed by atoms with van der Waals surface area (Å²) in [5.74, 6) is 0.862. The number of hydrogen-bond acceptors (Lipinski definition) is 6. The molecule has 22 heavy (non-hydrogen) atoms. The summed E-state index contributed by atoms with van der Waals surface area (Å²) in [6, 6.07) is 3.65. The zero-order valence-electron chi connectivity index (χ0n) is 12.4. The Kier molecular flexibility index (Phi) is 6.29. The number of rotatable bonds is 9. The summed E-state index contributed by atoms with van der Waals surface area (Å²) >= 11 is 1.50. The van der Waals surface area contributed by atoms with Gasteiger partial charge in [0.15, 0.2) is 0 Å². The molecule has 0 aliphatic rings. The van der Waals surface area contributed by atoms with E-state index in [9.17, 15) is 8.42 Å². The number of sulfonamides is 1. The van der Waals surface area contributed by atoms with Crippen molar-refractivity contribution in [2.24, 2.45) is 0 Å². The van der Waals surface area contributed by atoms with Crippen LogP contribution in [-0.4, -0.2) is 30.7 Å². The van der Waals surface area contributed by atoms with Gasteiger partial charge in [-0.2, -0.15) is 0 Å². The Bertz CT molecular complexity index is 672. The fourth-order valence-electron chi connectivity index (χ4n) is 1.78. The second-order valence-corrected chi connectivity index (χ2v) is 7.54. The van der Waals surface area contributed by atoms with E-state index in [1.54, 1.807) is 12.4 Å². The zero-order chi connectivity index (χ0) is 15.8. The highest BCUT2D eigenvalue weighted by atomic mass is 32.2. The van der Waals surface area contributed by atoms with Crippen LogP contribution in [-0.2, 0) is 23.1 Å². The van der Waals surface area contributed by atoms with Gasteiger partial charge in [-0.3, -0.25) is 4.98 Å². The number of thiazole rings is 1. The van der Waals surface area contributed by atoms with Gasteiger partial charge in [-0.25, -0.2) is 18.1 Å². The largest absolute Gasteiger partial charge is 0.485 e. The number of ether oxygens (including phenoxy) is 1. The molecule has 0 radical (unpaired) electrons. The van der Waals surface area contributed by atoms with Gasteiger partial charge < -0.3 is 4.74 Å². The van der Waals surface area contributed by atoms with E-state index < -0.39 is 10.0 Å². The molecule has 0 atom stereocenters. The van der Waals surface area contributed by atoms with E-state index in [1.165, 1.54) is 11.3 Å². The molecule has 0 aliphatic carbocycles. The van der Waals surface area contributed by atoms with Crippen molar-refractivity contribution < 1.29 is 13.2 Å². The van der Waals surface area contributed by atoms with Crippen molar-refractivity contribution in [2.75, 3.05) is 12.3 Å². The topological polar surface area (TPSA) is 81.2 Å². The van der Waals surface area contributed by atoms with Crippen LogP contribution in [0, 0.1) is 0 Å². The second kappa shape index (κ2) is 8.21. The van der Waals surface area contributed by atoms with Crippen LogP contribution in [0.5, 0.6) is 5.75 Å². The minimum Gasteiger partial charge on any atom is -0.485 e. The van der Waals surface area contributed by atoms with Crippen molar-refractivity contribution in [1.82, 2.24) is 14.7 Å². The van der Waals surface area contributed by atoms with Crippen LogP contribution in [0.15, 0.2) is 29.9 Å². The van der Waals surface area contributed by atoms with Gasteiger partial charge in [0.1, 0.15) is 17.4 Å². The predicted octanol–water partition coefficient (Wildman–Crippen LogP) is 1.99. The molecule has 2 heterocycles. The average Bonchev–Trinajstić information content (AvgIpc) is 2.94. The molecule has 2 aromatic rings. The van der Waals surface area contributed by atoms with Crippen molar-refractivity contribution in [3.05, 3.63) is 40.6 Å². The lowest BCUT2D eigenvalue weighted by Gasteiger charge is -2.04. The number of hydrogen-bond donors (Lipinski definition) is 1. The number of nitrogens with zero attached hydrogens (tertiary/aromatic N) is 2. The summed E-state index contributed by atoms with van der Waals surface area (Å²) in [4.78, 5) is 8.40. The molecule has 2 rings (SSSR count). The van der Waals surface area contributed by atoms with Crippen molar-refractivity contribution in [3.63, 3.8) is 0 Å². The Hall–Kier alpha value is -1.51. The number of nitrogens with one attached hydrogen (secondary N) is 1. The Balaban J connectivity index is 1.77. The normalized spacial score (nSPS) is 11.5. The second-order valence-electron chi connectivity index (χ2n) is 4.67. The van der Waals surface area contributed by atoms with Crippen LogP contribution < -0.4 is 9.46 Å². The maximum atomic E-state index is 11.5. The molecule has 0 unspecified atom stereocenters. The quantitative estimate of drug-likeness (QED) is 0.754. The molecule has 0 amide bonds. The SMILES string of the molecule is CCCS(=O)(=O)NCCc1csc(COc2cccnc2)n1. The third-order valence-electron chi connectivity index (χ3n) is 2.77. The maximum absolute atomic E-state index is 11.5. The molecule has 0 aliphatic heterocycles. The van der Waals surface area contributed by atoms with Gasteiger partial charge in [0.2, 0.25) is 10.0 Å². The average molecular weight is 341 g/mol.